The van der Waals surface area contributed by atoms with Crippen molar-refractivity contribution in [2.45, 2.75) is 18.2 Å². The molecule has 0 spiro atoms. The van der Waals surface area contributed by atoms with E-state index in [0.717, 1.165) is 5.75 Å². The second kappa shape index (κ2) is 7.31. The van der Waals surface area contributed by atoms with E-state index in [0.29, 0.717) is 13.0 Å². The lowest BCUT2D eigenvalue weighted by Crippen LogP contribution is -2.26. The number of sulfonamides is 1. The molecular formula is C12H16ClNO4S2. The lowest BCUT2D eigenvalue weighted by molar-refractivity contribution is 0.0696. The topological polar surface area (TPSA) is 83.5 Å². The molecule has 0 aliphatic rings. The minimum atomic E-state index is -3.76. The fraction of sp³-hybridized carbons (Fsp3) is 0.417. The number of benzene rings is 1. The number of nitrogens with one attached hydrogen (secondary N) is 1. The van der Waals surface area contributed by atoms with Gasteiger partial charge < -0.3 is 5.11 Å². The minimum Gasteiger partial charge on any atom is -0.478 e. The predicted molar refractivity (Wildman–Crippen MR) is 81.3 cm³/mol. The van der Waals surface area contributed by atoms with Gasteiger partial charge in [0.25, 0.3) is 0 Å². The van der Waals surface area contributed by atoms with E-state index in [4.69, 9.17) is 16.7 Å². The van der Waals surface area contributed by atoms with Crippen LogP contribution in [-0.4, -0.2) is 38.0 Å². The summed E-state index contributed by atoms with van der Waals surface area (Å²) < 4.78 is 26.8. The average Bonchev–Trinajstić information content (AvgIpc) is 2.36. The van der Waals surface area contributed by atoms with E-state index in [9.17, 15) is 13.2 Å². The summed E-state index contributed by atoms with van der Waals surface area (Å²) in [6.45, 7) is 1.76. The van der Waals surface area contributed by atoms with Crippen LogP contribution in [0.2, 0.25) is 5.02 Å². The number of carboxylic acids is 1. The second-order valence-corrected chi connectivity index (χ2v) is 7.28. The summed E-state index contributed by atoms with van der Waals surface area (Å²) in [4.78, 5) is 11.0. The largest absolute Gasteiger partial charge is 0.478 e. The van der Waals surface area contributed by atoms with Crippen LogP contribution in [0.3, 0.4) is 0 Å². The third-order valence-corrected chi connectivity index (χ3v) is 5.16. The van der Waals surface area contributed by atoms with Crippen molar-refractivity contribution in [1.29, 1.82) is 0 Å². The van der Waals surface area contributed by atoms with Crippen LogP contribution in [0.4, 0.5) is 0 Å². The van der Waals surface area contributed by atoms with Crippen molar-refractivity contribution < 1.29 is 18.3 Å². The molecule has 0 amide bonds. The number of halogens is 1. The van der Waals surface area contributed by atoms with Gasteiger partial charge in [-0.2, -0.15) is 11.8 Å². The smallest absolute Gasteiger partial charge is 0.336 e. The maximum atomic E-state index is 12.2. The highest BCUT2D eigenvalue weighted by Gasteiger charge is 2.21. The summed E-state index contributed by atoms with van der Waals surface area (Å²) in [7, 11) is -3.76. The molecule has 0 radical (unpaired) electrons. The maximum absolute atomic E-state index is 12.2. The number of carboxylic acid groups (broad SMARTS) is 1. The Bertz CT molecular complexity index is 602. The highest BCUT2D eigenvalue weighted by atomic mass is 35.5. The zero-order valence-corrected chi connectivity index (χ0v) is 13.5. The molecule has 20 heavy (non-hydrogen) atoms. The van der Waals surface area contributed by atoms with Gasteiger partial charge in [0.2, 0.25) is 10.0 Å². The van der Waals surface area contributed by atoms with Gasteiger partial charge in [-0.1, -0.05) is 11.6 Å². The molecule has 5 nitrogen and oxygen atoms in total. The summed E-state index contributed by atoms with van der Waals surface area (Å²) in [6.07, 6.45) is 2.64. The first kappa shape index (κ1) is 17.3. The van der Waals surface area contributed by atoms with Gasteiger partial charge in [0.05, 0.1) is 10.5 Å². The standard InChI is InChI=1S/C12H16ClNO4S2/c1-8-10(12(15)16)6-9(13)7-11(8)20(17,18)14-4-3-5-19-2/h6-7,14H,3-5H2,1-2H3,(H,15,16). The molecule has 1 rings (SSSR count). The zero-order chi connectivity index (χ0) is 15.3. The molecule has 0 fully saturated rings. The SMILES string of the molecule is CSCCCNS(=O)(=O)c1cc(Cl)cc(C(=O)O)c1C. The molecule has 0 saturated heterocycles. The Balaban J connectivity index is 3.09. The second-order valence-electron chi connectivity index (χ2n) is 4.13. The molecule has 0 saturated carbocycles. The molecule has 1 aromatic carbocycles. The van der Waals surface area contributed by atoms with Crippen LogP contribution in [0.1, 0.15) is 22.3 Å². The predicted octanol–water partition coefficient (Wildman–Crippen LogP) is 2.38. The number of hydrogen-bond acceptors (Lipinski definition) is 4. The number of aromatic carboxylic acids is 1. The van der Waals surface area contributed by atoms with Crippen molar-refractivity contribution in [3.8, 4) is 0 Å². The Labute approximate surface area is 127 Å². The third-order valence-electron chi connectivity index (χ3n) is 2.66. The summed E-state index contributed by atoms with van der Waals surface area (Å²) in [5.41, 5.74) is 0.0706. The van der Waals surface area contributed by atoms with Crippen molar-refractivity contribution in [2.75, 3.05) is 18.6 Å². The number of thioether (sulfide) groups is 1. The monoisotopic (exact) mass is 337 g/mol. The molecule has 8 heteroatoms. The summed E-state index contributed by atoms with van der Waals surface area (Å²) in [6, 6.07) is 2.51. The fourth-order valence-corrected chi connectivity index (χ4v) is 3.74. The van der Waals surface area contributed by atoms with E-state index in [2.05, 4.69) is 4.72 Å². The average molecular weight is 338 g/mol. The van der Waals surface area contributed by atoms with Gasteiger partial charge in [-0.25, -0.2) is 17.9 Å². The number of hydrogen-bond donors (Lipinski definition) is 2. The van der Waals surface area contributed by atoms with E-state index in [1.54, 1.807) is 11.8 Å². The van der Waals surface area contributed by atoms with Gasteiger partial charge in [0.15, 0.2) is 0 Å². The third kappa shape index (κ3) is 4.37. The van der Waals surface area contributed by atoms with Crippen LogP contribution in [0.15, 0.2) is 17.0 Å². The van der Waals surface area contributed by atoms with Gasteiger partial charge in [-0.05, 0) is 43.0 Å². The molecule has 0 atom stereocenters. The molecule has 0 bridgehead atoms. The van der Waals surface area contributed by atoms with E-state index in [-0.39, 0.29) is 21.0 Å². The normalized spacial score (nSPS) is 11.6. The lowest BCUT2D eigenvalue weighted by atomic mass is 10.1. The van der Waals surface area contributed by atoms with Crippen LogP contribution in [0, 0.1) is 6.92 Å². The fourth-order valence-electron chi connectivity index (χ4n) is 1.66. The Morgan fingerprint density at radius 2 is 2.10 bits per heavy atom. The first-order valence-electron chi connectivity index (χ1n) is 5.81. The molecule has 0 heterocycles. The highest BCUT2D eigenvalue weighted by Crippen LogP contribution is 2.24. The summed E-state index contributed by atoms with van der Waals surface area (Å²) in [5.74, 6) is -0.360. The Kier molecular flexibility index (Phi) is 6.32. The Hall–Kier alpha value is -0.760. The van der Waals surface area contributed by atoms with Gasteiger partial charge in [0, 0.05) is 11.6 Å². The van der Waals surface area contributed by atoms with Crippen LogP contribution >= 0.6 is 23.4 Å². The van der Waals surface area contributed by atoms with Gasteiger partial charge in [-0.15, -0.1) is 0 Å². The van der Waals surface area contributed by atoms with Gasteiger partial charge >= 0.3 is 5.97 Å². The molecule has 112 valence electrons. The van der Waals surface area contributed by atoms with Gasteiger partial charge in [-0.3, -0.25) is 0 Å². The molecule has 0 aliphatic carbocycles. The van der Waals surface area contributed by atoms with Crippen molar-refractivity contribution in [3.05, 3.63) is 28.3 Å². The van der Waals surface area contributed by atoms with Crippen molar-refractivity contribution in [2.24, 2.45) is 0 Å². The molecule has 1 aromatic rings. The Morgan fingerprint density at radius 3 is 2.65 bits per heavy atom. The molecule has 2 N–H and O–H groups in total. The lowest BCUT2D eigenvalue weighted by Gasteiger charge is -2.11. The van der Waals surface area contributed by atoms with Crippen molar-refractivity contribution >= 4 is 39.4 Å². The first-order chi connectivity index (χ1) is 9.29. The van der Waals surface area contributed by atoms with Crippen molar-refractivity contribution in [3.63, 3.8) is 0 Å². The van der Waals surface area contributed by atoms with Gasteiger partial charge in [0.1, 0.15) is 0 Å². The van der Waals surface area contributed by atoms with Crippen LogP contribution in [0.5, 0.6) is 0 Å². The highest BCUT2D eigenvalue weighted by molar-refractivity contribution is 7.98. The number of carbonyl (C=O) groups is 1. The first-order valence-corrected chi connectivity index (χ1v) is 9.07. The minimum absolute atomic E-state index is 0.0810. The number of rotatable bonds is 7. The summed E-state index contributed by atoms with van der Waals surface area (Å²) >= 11 is 7.42. The summed E-state index contributed by atoms with van der Waals surface area (Å²) in [5, 5.41) is 9.13. The van der Waals surface area contributed by atoms with E-state index < -0.39 is 16.0 Å². The molecular weight excluding hydrogens is 322 g/mol. The molecule has 0 aromatic heterocycles. The maximum Gasteiger partial charge on any atom is 0.336 e. The quantitative estimate of drug-likeness (QED) is 0.746. The Morgan fingerprint density at radius 1 is 1.45 bits per heavy atom. The zero-order valence-electron chi connectivity index (χ0n) is 11.1. The van der Waals surface area contributed by atoms with E-state index in [1.165, 1.54) is 19.1 Å². The van der Waals surface area contributed by atoms with Crippen LogP contribution in [-0.2, 0) is 10.0 Å². The van der Waals surface area contributed by atoms with Crippen LogP contribution in [0.25, 0.3) is 0 Å². The van der Waals surface area contributed by atoms with Crippen LogP contribution < -0.4 is 4.72 Å². The molecule has 0 unspecified atom stereocenters. The van der Waals surface area contributed by atoms with E-state index >= 15 is 0 Å². The molecule has 0 aliphatic heterocycles. The van der Waals surface area contributed by atoms with Crippen molar-refractivity contribution in [1.82, 2.24) is 4.72 Å². The van der Waals surface area contributed by atoms with E-state index in [1.807, 2.05) is 6.26 Å².